The van der Waals surface area contributed by atoms with Crippen molar-refractivity contribution in [2.45, 2.75) is 26.2 Å². The van der Waals surface area contributed by atoms with Crippen LogP contribution >= 0.6 is 0 Å². The van der Waals surface area contributed by atoms with Gasteiger partial charge in [0.15, 0.2) is 0 Å². The summed E-state index contributed by atoms with van der Waals surface area (Å²) < 4.78 is 0. The van der Waals surface area contributed by atoms with Gasteiger partial charge in [-0.25, -0.2) is 4.79 Å². The molecule has 1 N–H and O–H groups in total. The maximum atomic E-state index is 12.1. The highest BCUT2D eigenvalue weighted by atomic mass is 16.2. The molecule has 1 saturated heterocycles. The minimum absolute atomic E-state index is 0.0431. The maximum absolute atomic E-state index is 12.1. The van der Waals surface area contributed by atoms with Crippen LogP contribution < -0.4 is 10.2 Å². The summed E-state index contributed by atoms with van der Waals surface area (Å²) in [6, 6.07) is 9.84. The largest absolute Gasteiger partial charge is 0.368 e. The summed E-state index contributed by atoms with van der Waals surface area (Å²) in [6.07, 6.45) is 3.36. The van der Waals surface area contributed by atoms with Gasteiger partial charge < -0.3 is 15.1 Å². The number of nitrogens with zero attached hydrogens (tertiary/aromatic N) is 3. The Kier molecular flexibility index (Phi) is 6.08. The Labute approximate surface area is 132 Å². The van der Waals surface area contributed by atoms with Gasteiger partial charge in [0, 0.05) is 38.4 Å². The molecule has 5 heteroatoms. The molecule has 1 aliphatic heterocycles. The molecule has 2 amide bonds. The van der Waals surface area contributed by atoms with Crippen LogP contribution in [0.5, 0.6) is 0 Å². The van der Waals surface area contributed by atoms with E-state index in [-0.39, 0.29) is 6.03 Å². The zero-order valence-electron chi connectivity index (χ0n) is 13.2. The van der Waals surface area contributed by atoms with Crippen LogP contribution in [0.4, 0.5) is 10.5 Å². The Morgan fingerprint density at radius 2 is 2.05 bits per heavy atom. The SMILES string of the molecule is CCCCCNC(=O)N1CCN(c2cccc(C#N)c2)CC1. The molecule has 5 nitrogen and oxygen atoms in total. The lowest BCUT2D eigenvalue weighted by atomic mass is 10.2. The van der Waals surface area contributed by atoms with E-state index in [4.69, 9.17) is 5.26 Å². The van der Waals surface area contributed by atoms with Crippen molar-refractivity contribution in [2.24, 2.45) is 0 Å². The summed E-state index contributed by atoms with van der Waals surface area (Å²) >= 11 is 0. The van der Waals surface area contributed by atoms with E-state index in [9.17, 15) is 4.79 Å². The second kappa shape index (κ2) is 8.28. The number of nitrogens with one attached hydrogen (secondary N) is 1. The van der Waals surface area contributed by atoms with Crippen molar-refractivity contribution in [3.8, 4) is 6.07 Å². The maximum Gasteiger partial charge on any atom is 0.317 e. The Balaban J connectivity index is 1.80. The number of urea groups is 1. The Morgan fingerprint density at radius 3 is 2.73 bits per heavy atom. The van der Waals surface area contributed by atoms with E-state index >= 15 is 0 Å². The number of anilines is 1. The first-order chi connectivity index (χ1) is 10.7. The van der Waals surface area contributed by atoms with Crippen LogP contribution in [0, 0.1) is 11.3 Å². The van der Waals surface area contributed by atoms with Crippen LogP contribution in [0.25, 0.3) is 0 Å². The normalized spacial score (nSPS) is 14.5. The third-order valence-electron chi connectivity index (χ3n) is 3.96. The summed E-state index contributed by atoms with van der Waals surface area (Å²) in [4.78, 5) is 16.2. The zero-order chi connectivity index (χ0) is 15.8. The number of carbonyl (C=O) groups is 1. The Bertz CT molecular complexity index is 530. The van der Waals surface area contributed by atoms with Crippen molar-refractivity contribution >= 4 is 11.7 Å². The molecule has 0 bridgehead atoms. The quantitative estimate of drug-likeness (QED) is 0.850. The number of hydrogen-bond donors (Lipinski definition) is 1. The lowest BCUT2D eigenvalue weighted by Crippen LogP contribution is -2.52. The third kappa shape index (κ3) is 4.39. The number of amides is 2. The molecule has 0 atom stereocenters. The lowest BCUT2D eigenvalue weighted by molar-refractivity contribution is 0.194. The highest BCUT2D eigenvalue weighted by Crippen LogP contribution is 2.17. The molecule has 0 aromatic heterocycles. The van der Waals surface area contributed by atoms with E-state index < -0.39 is 0 Å². The first-order valence-corrected chi connectivity index (χ1v) is 8.02. The Morgan fingerprint density at radius 1 is 1.27 bits per heavy atom. The molecule has 22 heavy (non-hydrogen) atoms. The van der Waals surface area contributed by atoms with E-state index in [1.54, 1.807) is 0 Å². The van der Waals surface area contributed by atoms with Gasteiger partial charge in [0.1, 0.15) is 0 Å². The minimum Gasteiger partial charge on any atom is -0.368 e. The fraction of sp³-hybridized carbons (Fsp3) is 0.529. The van der Waals surface area contributed by atoms with Crippen molar-refractivity contribution in [2.75, 3.05) is 37.6 Å². The number of rotatable bonds is 5. The predicted octanol–water partition coefficient (Wildman–Crippen LogP) is 2.58. The van der Waals surface area contributed by atoms with E-state index in [0.717, 1.165) is 57.7 Å². The van der Waals surface area contributed by atoms with Gasteiger partial charge in [-0.1, -0.05) is 25.8 Å². The van der Waals surface area contributed by atoms with Gasteiger partial charge in [-0.15, -0.1) is 0 Å². The molecule has 1 heterocycles. The van der Waals surface area contributed by atoms with Gasteiger partial charge in [-0.2, -0.15) is 5.26 Å². The number of unbranched alkanes of at least 4 members (excludes halogenated alkanes) is 2. The average molecular weight is 300 g/mol. The van der Waals surface area contributed by atoms with Gasteiger partial charge in [0.2, 0.25) is 0 Å². The van der Waals surface area contributed by atoms with Crippen LogP contribution in [-0.4, -0.2) is 43.7 Å². The van der Waals surface area contributed by atoms with E-state index in [1.165, 1.54) is 0 Å². The van der Waals surface area contributed by atoms with Crippen molar-refractivity contribution < 1.29 is 4.79 Å². The molecule has 1 fully saturated rings. The molecule has 0 aliphatic carbocycles. The molecule has 118 valence electrons. The number of hydrogen-bond acceptors (Lipinski definition) is 3. The van der Waals surface area contributed by atoms with Crippen molar-refractivity contribution in [1.82, 2.24) is 10.2 Å². The monoisotopic (exact) mass is 300 g/mol. The number of piperazine rings is 1. The molecule has 0 radical (unpaired) electrons. The van der Waals surface area contributed by atoms with Gasteiger partial charge in [-0.05, 0) is 24.6 Å². The Hall–Kier alpha value is -2.22. The molecule has 1 aromatic rings. The number of carbonyl (C=O) groups excluding carboxylic acids is 1. The van der Waals surface area contributed by atoms with Gasteiger partial charge >= 0.3 is 6.03 Å². The molecule has 0 spiro atoms. The van der Waals surface area contributed by atoms with Gasteiger partial charge in [-0.3, -0.25) is 0 Å². The van der Waals surface area contributed by atoms with E-state index in [2.05, 4.69) is 23.2 Å². The van der Waals surface area contributed by atoms with Crippen LogP contribution in [0.15, 0.2) is 24.3 Å². The smallest absolute Gasteiger partial charge is 0.317 e. The van der Waals surface area contributed by atoms with E-state index in [1.807, 2.05) is 29.2 Å². The van der Waals surface area contributed by atoms with Gasteiger partial charge in [0.25, 0.3) is 0 Å². The van der Waals surface area contributed by atoms with Crippen LogP contribution in [0.2, 0.25) is 0 Å². The standard InChI is InChI=1S/C17H24N4O/c1-2-3-4-8-19-17(22)21-11-9-20(10-12-21)16-7-5-6-15(13-16)14-18/h5-7,13H,2-4,8-12H2,1H3,(H,19,22). The van der Waals surface area contributed by atoms with Crippen molar-refractivity contribution in [3.63, 3.8) is 0 Å². The molecule has 2 rings (SSSR count). The molecule has 0 saturated carbocycles. The van der Waals surface area contributed by atoms with E-state index in [0.29, 0.717) is 5.56 Å². The number of benzene rings is 1. The predicted molar refractivity (Wildman–Crippen MR) is 87.9 cm³/mol. The summed E-state index contributed by atoms with van der Waals surface area (Å²) in [5, 5.41) is 12.0. The second-order valence-corrected chi connectivity index (χ2v) is 5.58. The molecular weight excluding hydrogens is 276 g/mol. The van der Waals surface area contributed by atoms with Crippen LogP contribution in [-0.2, 0) is 0 Å². The highest BCUT2D eigenvalue weighted by molar-refractivity contribution is 5.74. The van der Waals surface area contributed by atoms with Gasteiger partial charge in [0.05, 0.1) is 11.6 Å². The molecule has 1 aromatic carbocycles. The summed E-state index contributed by atoms with van der Waals surface area (Å²) in [7, 11) is 0. The van der Waals surface area contributed by atoms with Crippen LogP contribution in [0.1, 0.15) is 31.7 Å². The molecular formula is C17H24N4O. The second-order valence-electron chi connectivity index (χ2n) is 5.58. The van der Waals surface area contributed by atoms with Crippen molar-refractivity contribution in [3.05, 3.63) is 29.8 Å². The average Bonchev–Trinajstić information content (AvgIpc) is 2.59. The third-order valence-corrected chi connectivity index (χ3v) is 3.96. The summed E-state index contributed by atoms with van der Waals surface area (Å²) in [6.45, 7) is 5.96. The van der Waals surface area contributed by atoms with Crippen molar-refractivity contribution in [1.29, 1.82) is 5.26 Å². The minimum atomic E-state index is 0.0431. The lowest BCUT2D eigenvalue weighted by Gasteiger charge is -2.36. The van der Waals surface area contributed by atoms with Crippen LogP contribution in [0.3, 0.4) is 0 Å². The zero-order valence-corrected chi connectivity index (χ0v) is 13.2. The summed E-state index contributed by atoms with van der Waals surface area (Å²) in [5.74, 6) is 0. The molecule has 1 aliphatic rings. The first-order valence-electron chi connectivity index (χ1n) is 8.02. The number of nitriles is 1. The first kappa shape index (κ1) is 16.2. The summed E-state index contributed by atoms with van der Waals surface area (Å²) in [5.41, 5.74) is 1.73. The molecule has 0 unspecified atom stereocenters. The fourth-order valence-corrected chi connectivity index (χ4v) is 2.62. The highest BCUT2D eigenvalue weighted by Gasteiger charge is 2.20. The topological polar surface area (TPSA) is 59.4 Å². The fourth-order valence-electron chi connectivity index (χ4n) is 2.62.